The lowest BCUT2D eigenvalue weighted by Crippen LogP contribution is -2.22. The second kappa shape index (κ2) is 7.18. The summed E-state index contributed by atoms with van der Waals surface area (Å²) in [5.74, 6) is 0.787. The van der Waals surface area contributed by atoms with Crippen LogP contribution in [0.1, 0.15) is 19.0 Å². The van der Waals surface area contributed by atoms with Crippen LogP contribution >= 0.6 is 0 Å². The number of hydrogen-bond acceptors (Lipinski definition) is 5. The largest absolute Gasteiger partial charge is 0.434 e. The summed E-state index contributed by atoms with van der Waals surface area (Å²) < 4.78 is 35.9. The van der Waals surface area contributed by atoms with Crippen LogP contribution in [0.5, 0.6) is 0 Å². The Kier molecular flexibility index (Phi) is 5.87. The van der Waals surface area contributed by atoms with Crippen molar-refractivity contribution in [1.82, 2.24) is 15.3 Å². The fourth-order valence-corrected chi connectivity index (χ4v) is 1.68. The molecule has 112 valence electrons. The molecule has 2 atom stereocenters. The average Bonchev–Trinajstić information content (AvgIpc) is 2.84. The first kappa shape index (κ1) is 16.4. The van der Waals surface area contributed by atoms with Crippen LogP contribution in [0.3, 0.4) is 0 Å². The maximum absolute atomic E-state index is 12.0. The van der Waals surface area contributed by atoms with Crippen LogP contribution in [-0.4, -0.2) is 35.9 Å². The van der Waals surface area contributed by atoms with Gasteiger partial charge >= 0.3 is 6.18 Å². The summed E-state index contributed by atoms with van der Waals surface area (Å²) in [4.78, 5) is 16.7. The topological polar surface area (TPSA) is 66.9 Å². The zero-order chi connectivity index (χ0) is 15.2. The summed E-state index contributed by atoms with van der Waals surface area (Å²) in [6.45, 7) is 3.15. The van der Waals surface area contributed by atoms with Gasteiger partial charge in [0.25, 0.3) is 0 Å². The maximum atomic E-state index is 12.0. The molecule has 0 aromatic carbocycles. The molecule has 0 saturated carbocycles. The zero-order valence-corrected chi connectivity index (χ0v) is 11.2. The molecule has 20 heavy (non-hydrogen) atoms. The monoisotopic (exact) mass is 290 g/mol. The number of aldehydes is 1. The number of rotatable bonds is 2. The highest BCUT2D eigenvalue weighted by molar-refractivity contribution is 5.58. The molecule has 1 aliphatic rings. The van der Waals surface area contributed by atoms with E-state index in [1.165, 1.54) is 13.2 Å². The molecule has 2 heterocycles. The molecule has 0 radical (unpaired) electrons. The van der Waals surface area contributed by atoms with E-state index in [2.05, 4.69) is 27.5 Å². The number of carbonyl (C=O) groups excluding carboxylic acids is 1. The predicted octanol–water partition coefficient (Wildman–Crippen LogP) is 1.72. The van der Waals surface area contributed by atoms with E-state index in [1.807, 2.05) is 0 Å². The second-order valence-corrected chi connectivity index (χ2v) is 4.53. The van der Waals surface area contributed by atoms with Gasteiger partial charge in [0.1, 0.15) is 12.1 Å². The number of halogens is 3. The number of aromatic nitrogens is 2. The molecule has 1 saturated heterocycles. The lowest BCUT2D eigenvalue weighted by Gasteiger charge is -2.05. The average molecular weight is 290 g/mol. The minimum Gasteiger partial charge on any atom is -0.372 e. The molecule has 2 unspecified atom stereocenters. The first-order chi connectivity index (χ1) is 9.36. The lowest BCUT2D eigenvalue weighted by molar-refractivity contribution is -0.141. The van der Waals surface area contributed by atoms with Crippen molar-refractivity contribution in [2.24, 2.45) is 5.92 Å². The van der Waals surface area contributed by atoms with Gasteiger partial charge in [-0.05, 0) is 18.9 Å². The highest BCUT2D eigenvalue weighted by Crippen LogP contribution is 2.27. The van der Waals surface area contributed by atoms with Gasteiger partial charge in [0.05, 0.1) is 18.4 Å². The number of alkyl halides is 3. The Morgan fingerprint density at radius 3 is 2.55 bits per heavy atom. The third-order valence-corrected chi connectivity index (χ3v) is 2.73. The highest BCUT2D eigenvalue weighted by atomic mass is 19.4. The van der Waals surface area contributed by atoms with Crippen molar-refractivity contribution in [3.63, 3.8) is 0 Å². The van der Waals surface area contributed by atoms with E-state index in [0.717, 1.165) is 19.3 Å². The predicted molar refractivity (Wildman–Crippen MR) is 68.2 cm³/mol. The summed E-state index contributed by atoms with van der Waals surface area (Å²) in [6.07, 6.45) is -0.525. The minimum absolute atomic E-state index is 0.102. The molecule has 0 spiro atoms. The number of carbonyl (C=O) groups is 1. The van der Waals surface area contributed by atoms with Crippen molar-refractivity contribution < 1.29 is 18.0 Å². The van der Waals surface area contributed by atoms with E-state index in [1.54, 1.807) is 0 Å². The summed E-state index contributed by atoms with van der Waals surface area (Å²) in [5.41, 5.74) is -0.991. The summed E-state index contributed by atoms with van der Waals surface area (Å²) >= 11 is 0. The molecule has 5 nitrogen and oxygen atoms in total. The van der Waals surface area contributed by atoms with Gasteiger partial charge in [-0.25, -0.2) is 4.98 Å². The molecule has 8 heteroatoms. The van der Waals surface area contributed by atoms with Crippen LogP contribution in [0, 0.1) is 5.92 Å². The number of nitrogens with zero attached hydrogens (tertiary/aromatic N) is 2. The molecule has 1 aromatic rings. The van der Waals surface area contributed by atoms with Crippen molar-refractivity contribution >= 4 is 12.1 Å². The van der Waals surface area contributed by atoms with Crippen LogP contribution in [0.15, 0.2) is 12.4 Å². The molecule has 1 aromatic heterocycles. The van der Waals surface area contributed by atoms with Gasteiger partial charge in [0, 0.05) is 7.05 Å². The van der Waals surface area contributed by atoms with Crippen LogP contribution < -0.4 is 10.6 Å². The van der Waals surface area contributed by atoms with E-state index in [-0.39, 0.29) is 11.9 Å². The van der Waals surface area contributed by atoms with E-state index < -0.39 is 11.9 Å². The Labute approximate surface area is 115 Å². The fourth-order valence-electron chi connectivity index (χ4n) is 1.68. The van der Waals surface area contributed by atoms with Gasteiger partial charge < -0.3 is 15.4 Å². The van der Waals surface area contributed by atoms with Gasteiger partial charge in [-0.2, -0.15) is 13.2 Å². The van der Waals surface area contributed by atoms with Gasteiger partial charge in [-0.15, -0.1) is 0 Å². The Hall–Kier alpha value is -1.70. The second-order valence-electron chi connectivity index (χ2n) is 4.53. The SMILES string of the molecule is CC1CNC(C=O)C1.CNc1cncc(C(F)(F)F)n1. The van der Waals surface area contributed by atoms with Crippen molar-refractivity contribution in [2.45, 2.75) is 25.6 Å². The van der Waals surface area contributed by atoms with E-state index in [0.29, 0.717) is 12.1 Å². The fraction of sp³-hybridized carbons (Fsp3) is 0.583. The molecule has 2 rings (SSSR count). The van der Waals surface area contributed by atoms with E-state index >= 15 is 0 Å². The minimum atomic E-state index is -4.43. The van der Waals surface area contributed by atoms with Gasteiger partial charge in [0.15, 0.2) is 5.69 Å². The molecule has 1 fully saturated rings. The third kappa shape index (κ3) is 5.12. The molecular weight excluding hydrogens is 273 g/mol. The zero-order valence-electron chi connectivity index (χ0n) is 11.2. The van der Waals surface area contributed by atoms with E-state index in [9.17, 15) is 18.0 Å². The normalized spacial score (nSPS) is 21.9. The number of hydrogen-bond donors (Lipinski definition) is 2. The molecule has 0 bridgehead atoms. The van der Waals surface area contributed by atoms with Crippen LogP contribution in [0.2, 0.25) is 0 Å². The van der Waals surface area contributed by atoms with Gasteiger partial charge in [-0.1, -0.05) is 6.92 Å². The Morgan fingerprint density at radius 1 is 1.45 bits per heavy atom. The Balaban J connectivity index is 0.000000217. The quantitative estimate of drug-likeness (QED) is 0.812. The van der Waals surface area contributed by atoms with Crippen LogP contribution in [0.4, 0.5) is 19.0 Å². The maximum Gasteiger partial charge on any atom is 0.434 e. The van der Waals surface area contributed by atoms with Crippen LogP contribution in [-0.2, 0) is 11.0 Å². The van der Waals surface area contributed by atoms with Crippen molar-refractivity contribution in [2.75, 3.05) is 18.9 Å². The molecule has 0 aliphatic carbocycles. The van der Waals surface area contributed by atoms with Crippen molar-refractivity contribution in [3.8, 4) is 0 Å². The lowest BCUT2D eigenvalue weighted by atomic mass is 10.1. The molecule has 1 aliphatic heterocycles. The Bertz CT molecular complexity index is 439. The Morgan fingerprint density at radius 2 is 2.15 bits per heavy atom. The summed E-state index contributed by atoms with van der Waals surface area (Å²) in [6, 6.07) is 0.144. The first-order valence-electron chi connectivity index (χ1n) is 6.12. The first-order valence-corrected chi connectivity index (χ1v) is 6.12. The third-order valence-electron chi connectivity index (χ3n) is 2.73. The van der Waals surface area contributed by atoms with Crippen molar-refractivity contribution in [1.29, 1.82) is 0 Å². The molecular formula is C12H17F3N4O. The number of anilines is 1. The van der Waals surface area contributed by atoms with Crippen LogP contribution in [0.25, 0.3) is 0 Å². The smallest absolute Gasteiger partial charge is 0.372 e. The molecule has 2 N–H and O–H groups in total. The molecule has 0 amide bonds. The number of nitrogens with one attached hydrogen (secondary N) is 2. The van der Waals surface area contributed by atoms with E-state index in [4.69, 9.17) is 0 Å². The van der Waals surface area contributed by atoms with Crippen molar-refractivity contribution in [3.05, 3.63) is 18.1 Å². The van der Waals surface area contributed by atoms with Gasteiger partial charge in [0.2, 0.25) is 0 Å². The summed E-state index contributed by atoms with van der Waals surface area (Å²) in [5, 5.41) is 5.55. The highest BCUT2D eigenvalue weighted by Gasteiger charge is 2.33. The summed E-state index contributed by atoms with van der Waals surface area (Å²) in [7, 11) is 1.48. The van der Waals surface area contributed by atoms with Gasteiger partial charge in [-0.3, -0.25) is 4.98 Å². The standard InChI is InChI=1S/C6H6F3N3.C6H11NO/c1-10-5-3-11-2-4(12-5)6(7,8)9;1-5-2-6(4-8)7-3-5/h2-3H,1H3,(H,10,12);4-7H,2-3H2,1H3.